The van der Waals surface area contributed by atoms with Crippen LogP contribution in [0.15, 0.2) is 18.2 Å². The molecule has 17 heavy (non-hydrogen) atoms. The molecule has 0 aliphatic rings. The van der Waals surface area contributed by atoms with E-state index in [4.69, 9.17) is 20.3 Å². The van der Waals surface area contributed by atoms with Crippen LogP contribution in [0.2, 0.25) is 0 Å². The van der Waals surface area contributed by atoms with Crippen LogP contribution < -0.4 is 10.5 Å². The Hall–Kier alpha value is -1.59. The Morgan fingerprint density at radius 2 is 2.18 bits per heavy atom. The van der Waals surface area contributed by atoms with Gasteiger partial charge in [0.2, 0.25) is 0 Å². The minimum Gasteiger partial charge on any atom is -0.496 e. The second kappa shape index (κ2) is 6.22. The number of benzene rings is 1. The molecule has 5 heteroatoms. The highest BCUT2D eigenvalue weighted by atomic mass is 16.5. The van der Waals surface area contributed by atoms with E-state index < -0.39 is 12.0 Å². The zero-order valence-corrected chi connectivity index (χ0v) is 9.97. The summed E-state index contributed by atoms with van der Waals surface area (Å²) in [5.74, 6) is -0.393. The van der Waals surface area contributed by atoms with Crippen molar-refractivity contribution in [3.8, 4) is 5.75 Å². The van der Waals surface area contributed by atoms with E-state index in [0.717, 1.165) is 11.1 Å². The molecule has 1 unspecified atom stereocenters. The second-order valence-corrected chi connectivity index (χ2v) is 3.68. The lowest BCUT2D eigenvalue weighted by Gasteiger charge is -2.15. The Balaban J connectivity index is 3.03. The third-order valence-electron chi connectivity index (χ3n) is 2.49. The normalized spacial score (nSPS) is 12.2. The summed E-state index contributed by atoms with van der Waals surface area (Å²) in [5.41, 5.74) is 7.22. The van der Waals surface area contributed by atoms with Crippen LogP contribution in [0.3, 0.4) is 0 Å². The summed E-state index contributed by atoms with van der Waals surface area (Å²) in [6.07, 6.45) is 0.220. The fraction of sp³-hybridized carbons (Fsp3) is 0.417. The Bertz CT molecular complexity index is 392. The molecule has 0 aromatic heterocycles. The molecular weight excluding hydrogens is 222 g/mol. The van der Waals surface area contributed by atoms with Gasteiger partial charge >= 0.3 is 5.97 Å². The standard InChI is InChI=1S/C12H17NO4/c1-16-7-8-4-3-5-11(17-2)9(8)6-10(13)12(14)15/h3-5,10H,6-7,13H2,1-2H3,(H,14,15). The van der Waals surface area contributed by atoms with Crippen molar-refractivity contribution in [2.45, 2.75) is 19.1 Å². The van der Waals surface area contributed by atoms with Crippen molar-refractivity contribution >= 4 is 5.97 Å². The number of methoxy groups -OCH3 is 2. The molecular formula is C12H17NO4. The molecule has 0 bridgehead atoms. The summed E-state index contributed by atoms with van der Waals surface area (Å²) in [4.78, 5) is 10.8. The first-order valence-electron chi connectivity index (χ1n) is 5.22. The first kappa shape index (κ1) is 13.5. The fourth-order valence-electron chi connectivity index (χ4n) is 1.63. The van der Waals surface area contributed by atoms with Crippen LogP contribution in [-0.2, 0) is 22.6 Å². The molecule has 0 amide bonds. The highest BCUT2D eigenvalue weighted by Gasteiger charge is 2.17. The Morgan fingerprint density at radius 3 is 2.71 bits per heavy atom. The SMILES string of the molecule is COCc1cccc(OC)c1CC(N)C(=O)O. The summed E-state index contributed by atoms with van der Waals surface area (Å²) >= 11 is 0. The van der Waals surface area contributed by atoms with Gasteiger partial charge in [0.05, 0.1) is 13.7 Å². The smallest absolute Gasteiger partial charge is 0.320 e. The second-order valence-electron chi connectivity index (χ2n) is 3.68. The molecule has 0 radical (unpaired) electrons. The molecule has 1 aromatic rings. The number of aliphatic carboxylic acids is 1. The van der Waals surface area contributed by atoms with Crippen molar-refractivity contribution in [2.24, 2.45) is 5.73 Å². The maximum Gasteiger partial charge on any atom is 0.320 e. The topological polar surface area (TPSA) is 81.8 Å². The van der Waals surface area contributed by atoms with Crippen LogP contribution in [-0.4, -0.2) is 31.3 Å². The molecule has 0 spiro atoms. The third-order valence-corrected chi connectivity index (χ3v) is 2.49. The number of hydrogen-bond acceptors (Lipinski definition) is 4. The van der Waals surface area contributed by atoms with E-state index in [1.807, 2.05) is 12.1 Å². The van der Waals surface area contributed by atoms with Crippen molar-refractivity contribution in [1.82, 2.24) is 0 Å². The Morgan fingerprint density at radius 1 is 1.47 bits per heavy atom. The quantitative estimate of drug-likeness (QED) is 0.767. The molecule has 0 saturated carbocycles. The summed E-state index contributed by atoms with van der Waals surface area (Å²) in [6.45, 7) is 0.402. The Kier molecular flexibility index (Phi) is 4.93. The average Bonchev–Trinajstić information content (AvgIpc) is 2.31. The van der Waals surface area contributed by atoms with Gasteiger partial charge in [-0.25, -0.2) is 0 Å². The minimum absolute atomic E-state index is 0.220. The summed E-state index contributed by atoms with van der Waals surface area (Å²) in [5, 5.41) is 8.83. The predicted molar refractivity (Wildman–Crippen MR) is 63.0 cm³/mol. The highest BCUT2D eigenvalue weighted by molar-refractivity contribution is 5.73. The molecule has 94 valence electrons. The lowest BCUT2D eigenvalue weighted by Crippen LogP contribution is -2.32. The van der Waals surface area contributed by atoms with Crippen molar-refractivity contribution in [3.05, 3.63) is 29.3 Å². The van der Waals surface area contributed by atoms with Crippen molar-refractivity contribution in [1.29, 1.82) is 0 Å². The monoisotopic (exact) mass is 239 g/mol. The lowest BCUT2D eigenvalue weighted by atomic mass is 10.00. The van der Waals surface area contributed by atoms with E-state index in [0.29, 0.717) is 12.4 Å². The molecule has 0 fully saturated rings. The van der Waals surface area contributed by atoms with Crippen LogP contribution in [0.1, 0.15) is 11.1 Å². The molecule has 1 atom stereocenters. The van der Waals surface area contributed by atoms with E-state index in [1.54, 1.807) is 20.3 Å². The number of carboxylic acid groups (broad SMARTS) is 1. The summed E-state index contributed by atoms with van der Waals surface area (Å²) in [7, 11) is 3.13. The molecule has 5 nitrogen and oxygen atoms in total. The van der Waals surface area contributed by atoms with Gasteiger partial charge in [-0.15, -0.1) is 0 Å². The number of ether oxygens (including phenoxy) is 2. The van der Waals surface area contributed by atoms with Crippen LogP contribution >= 0.6 is 0 Å². The first-order valence-corrected chi connectivity index (χ1v) is 5.22. The van der Waals surface area contributed by atoms with Crippen molar-refractivity contribution in [2.75, 3.05) is 14.2 Å². The maximum absolute atomic E-state index is 10.8. The van der Waals surface area contributed by atoms with Crippen LogP contribution in [0.25, 0.3) is 0 Å². The average molecular weight is 239 g/mol. The van der Waals surface area contributed by atoms with E-state index in [9.17, 15) is 4.79 Å². The summed E-state index contributed by atoms with van der Waals surface area (Å²) < 4.78 is 10.3. The number of nitrogens with two attached hydrogens (primary N) is 1. The minimum atomic E-state index is -1.03. The van der Waals surface area contributed by atoms with E-state index in [2.05, 4.69) is 0 Å². The van der Waals surface area contributed by atoms with Crippen molar-refractivity contribution in [3.63, 3.8) is 0 Å². The van der Waals surface area contributed by atoms with Crippen molar-refractivity contribution < 1.29 is 19.4 Å². The van der Waals surface area contributed by atoms with Gasteiger partial charge in [-0.1, -0.05) is 12.1 Å². The molecule has 1 rings (SSSR count). The highest BCUT2D eigenvalue weighted by Crippen LogP contribution is 2.24. The van der Waals surface area contributed by atoms with Gasteiger partial charge in [-0.2, -0.15) is 0 Å². The molecule has 0 saturated heterocycles. The zero-order chi connectivity index (χ0) is 12.8. The number of hydrogen-bond donors (Lipinski definition) is 2. The number of carboxylic acids is 1. The van der Waals surface area contributed by atoms with Gasteiger partial charge in [0.25, 0.3) is 0 Å². The maximum atomic E-state index is 10.8. The fourth-order valence-corrected chi connectivity index (χ4v) is 1.63. The van der Waals surface area contributed by atoms with Gasteiger partial charge in [-0.3, -0.25) is 4.79 Å². The van der Waals surface area contributed by atoms with E-state index in [1.165, 1.54) is 0 Å². The van der Waals surface area contributed by atoms with E-state index >= 15 is 0 Å². The Labute approximate surface area is 100 Å². The zero-order valence-electron chi connectivity index (χ0n) is 9.97. The van der Waals surface area contributed by atoms with Crippen LogP contribution in [0.5, 0.6) is 5.75 Å². The molecule has 0 heterocycles. The van der Waals surface area contributed by atoms with Crippen LogP contribution in [0.4, 0.5) is 0 Å². The lowest BCUT2D eigenvalue weighted by molar-refractivity contribution is -0.138. The predicted octanol–water partition coefficient (Wildman–Crippen LogP) is 0.796. The molecule has 1 aromatic carbocycles. The van der Waals surface area contributed by atoms with Gasteiger partial charge < -0.3 is 20.3 Å². The van der Waals surface area contributed by atoms with Gasteiger partial charge in [0, 0.05) is 19.1 Å². The van der Waals surface area contributed by atoms with Gasteiger partial charge in [-0.05, 0) is 11.6 Å². The number of carbonyl (C=O) groups is 1. The molecule has 0 aliphatic heterocycles. The van der Waals surface area contributed by atoms with Gasteiger partial charge in [0.1, 0.15) is 11.8 Å². The third kappa shape index (κ3) is 3.44. The molecule has 3 N–H and O–H groups in total. The first-order chi connectivity index (χ1) is 8.10. The summed E-state index contributed by atoms with van der Waals surface area (Å²) in [6, 6.07) is 4.55. The molecule has 0 aliphatic carbocycles. The van der Waals surface area contributed by atoms with E-state index in [-0.39, 0.29) is 6.42 Å². The van der Waals surface area contributed by atoms with Gasteiger partial charge in [0.15, 0.2) is 0 Å². The van der Waals surface area contributed by atoms with Crippen LogP contribution in [0, 0.1) is 0 Å². The largest absolute Gasteiger partial charge is 0.496 e. The number of rotatable bonds is 6.